The molecule has 0 aromatic heterocycles. The first kappa shape index (κ1) is 19.0. The van der Waals surface area contributed by atoms with Gasteiger partial charge in [0.05, 0.1) is 13.2 Å². The summed E-state index contributed by atoms with van der Waals surface area (Å²) in [4.78, 5) is 15.9. The summed E-state index contributed by atoms with van der Waals surface area (Å²) in [6.45, 7) is 5.36. The number of hydrogen-bond donors (Lipinski definition) is 1. The fourth-order valence-corrected chi connectivity index (χ4v) is 3.74. The van der Waals surface area contributed by atoms with E-state index < -0.39 is 0 Å². The number of carbonyl (C=O) groups excluding carboxylic acids is 1. The third-order valence-electron chi connectivity index (χ3n) is 4.41. The Morgan fingerprint density at radius 1 is 1.04 bits per heavy atom. The van der Waals surface area contributed by atoms with Gasteiger partial charge in [0.25, 0.3) is 5.91 Å². The molecule has 0 spiro atoms. The van der Waals surface area contributed by atoms with Crippen LogP contribution in [0.1, 0.15) is 22.3 Å². The van der Waals surface area contributed by atoms with Crippen LogP contribution in [0.5, 0.6) is 0 Å². The molecule has 1 aliphatic rings. The number of amides is 1. The Morgan fingerprint density at radius 3 is 2.50 bits per heavy atom. The zero-order valence-electron chi connectivity index (χ0n) is 15.0. The highest BCUT2D eigenvalue weighted by Gasteiger charge is 2.10. The van der Waals surface area contributed by atoms with Gasteiger partial charge < -0.3 is 10.1 Å². The molecule has 5 heteroatoms. The van der Waals surface area contributed by atoms with E-state index in [-0.39, 0.29) is 5.91 Å². The van der Waals surface area contributed by atoms with E-state index >= 15 is 0 Å². The van der Waals surface area contributed by atoms with Gasteiger partial charge >= 0.3 is 0 Å². The molecule has 2 aromatic rings. The number of thioether (sulfide) groups is 1. The molecule has 0 unspecified atom stereocenters. The van der Waals surface area contributed by atoms with Crippen LogP contribution in [0.4, 0.5) is 0 Å². The van der Waals surface area contributed by atoms with E-state index in [2.05, 4.69) is 34.5 Å². The largest absolute Gasteiger partial charge is 0.379 e. The number of nitrogens with zero attached hydrogens (tertiary/aromatic N) is 1. The molecule has 1 fully saturated rings. The molecule has 0 aliphatic carbocycles. The van der Waals surface area contributed by atoms with Crippen molar-refractivity contribution in [2.45, 2.75) is 17.1 Å². The number of nitrogens with one attached hydrogen (secondary N) is 1. The molecule has 0 bridgehead atoms. The predicted octanol–water partition coefficient (Wildman–Crippen LogP) is 3.43. The van der Waals surface area contributed by atoms with E-state index in [1.807, 2.05) is 30.3 Å². The van der Waals surface area contributed by atoms with Crippen molar-refractivity contribution in [3.8, 4) is 0 Å². The van der Waals surface area contributed by atoms with Gasteiger partial charge in [-0.05, 0) is 42.8 Å². The van der Waals surface area contributed by atoms with Gasteiger partial charge in [0, 0.05) is 35.8 Å². The molecular formula is C21H26N2O2S. The molecule has 0 saturated carbocycles. The second-order valence-electron chi connectivity index (χ2n) is 6.36. The summed E-state index contributed by atoms with van der Waals surface area (Å²) in [7, 11) is 0. The van der Waals surface area contributed by atoms with Gasteiger partial charge in [-0.15, -0.1) is 11.8 Å². The lowest BCUT2D eigenvalue weighted by molar-refractivity contribution is 0.0374. The van der Waals surface area contributed by atoms with Crippen molar-refractivity contribution in [1.29, 1.82) is 0 Å². The third kappa shape index (κ3) is 6.16. The first-order chi connectivity index (χ1) is 12.8. The Morgan fingerprint density at radius 2 is 1.77 bits per heavy atom. The van der Waals surface area contributed by atoms with Crippen molar-refractivity contribution in [3.63, 3.8) is 0 Å². The van der Waals surface area contributed by atoms with Crippen molar-refractivity contribution >= 4 is 17.7 Å². The van der Waals surface area contributed by atoms with Gasteiger partial charge in [0.2, 0.25) is 0 Å². The number of ether oxygens (including phenoxy) is 1. The average Bonchev–Trinajstić information content (AvgIpc) is 2.71. The number of morpholine rings is 1. The zero-order chi connectivity index (χ0) is 18.0. The molecule has 26 heavy (non-hydrogen) atoms. The highest BCUT2D eigenvalue weighted by molar-refractivity contribution is 7.98. The average molecular weight is 371 g/mol. The third-order valence-corrected chi connectivity index (χ3v) is 5.49. The standard InChI is InChI=1S/C21H26N2O2S/c24-21(22-11-4-12-23-13-15-25-16-14-23)19-9-7-18(8-10-19)17-26-20-5-2-1-3-6-20/h1-3,5-10H,4,11-17H2,(H,22,24). The smallest absolute Gasteiger partial charge is 0.251 e. The summed E-state index contributed by atoms with van der Waals surface area (Å²) in [6.07, 6.45) is 0.970. The summed E-state index contributed by atoms with van der Waals surface area (Å²) in [6, 6.07) is 18.3. The second kappa shape index (κ2) is 10.4. The maximum absolute atomic E-state index is 12.2. The predicted molar refractivity (Wildman–Crippen MR) is 107 cm³/mol. The van der Waals surface area contributed by atoms with Crippen LogP contribution in [0.25, 0.3) is 0 Å². The molecule has 3 rings (SSSR count). The molecule has 1 aliphatic heterocycles. The Balaban J connectivity index is 1.37. The van der Waals surface area contributed by atoms with Crippen molar-refractivity contribution in [2.75, 3.05) is 39.4 Å². The number of benzene rings is 2. The van der Waals surface area contributed by atoms with Gasteiger partial charge in [0.15, 0.2) is 0 Å². The van der Waals surface area contributed by atoms with E-state index in [4.69, 9.17) is 4.74 Å². The first-order valence-corrected chi connectivity index (χ1v) is 10.1. The maximum atomic E-state index is 12.2. The molecule has 1 heterocycles. The van der Waals surface area contributed by atoms with Crippen molar-refractivity contribution in [1.82, 2.24) is 10.2 Å². The summed E-state index contributed by atoms with van der Waals surface area (Å²) in [5.74, 6) is 0.917. The Bertz CT molecular complexity index is 670. The number of carbonyl (C=O) groups is 1. The van der Waals surface area contributed by atoms with Crippen LogP contribution in [0.2, 0.25) is 0 Å². The Kier molecular flexibility index (Phi) is 7.55. The fourth-order valence-electron chi connectivity index (χ4n) is 2.87. The van der Waals surface area contributed by atoms with Crippen LogP contribution >= 0.6 is 11.8 Å². The minimum atomic E-state index is 0.00856. The summed E-state index contributed by atoms with van der Waals surface area (Å²) < 4.78 is 5.34. The van der Waals surface area contributed by atoms with Crippen LogP contribution in [0.3, 0.4) is 0 Å². The first-order valence-electron chi connectivity index (χ1n) is 9.16. The van der Waals surface area contributed by atoms with Gasteiger partial charge in [-0.1, -0.05) is 30.3 Å². The van der Waals surface area contributed by atoms with Crippen LogP contribution in [-0.4, -0.2) is 50.2 Å². The fraction of sp³-hybridized carbons (Fsp3) is 0.381. The quantitative estimate of drug-likeness (QED) is 0.571. The molecule has 0 radical (unpaired) electrons. The lowest BCUT2D eigenvalue weighted by Gasteiger charge is -2.26. The molecule has 2 aromatic carbocycles. The molecule has 0 atom stereocenters. The summed E-state index contributed by atoms with van der Waals surface area (Å²) in [5.41, 5.74) is 1.95. The van der Waals surface area contributed by atoms with E-state index in [0.717, 1.165) is 50.6 Å². The number of rotatable bonds is 8. The lowest BCUT2D eigenvalue weighted by atomic mass is 10.1. The van der Waals surface area contributed by atoms with Crippen LogP contribution in [0, 0.1) is 0 Å². The summed E-state index contributed by atoms with van der Waals surface area (Å²) in [5, 5.41) is 3.01. The summed E-state index contributed by atoms with van der Waals surface area (Å²) >= 11 is 1.80. The van der Waals surface area contributed by atoms with Crippen LogP contribution in [0.15, 0.2) is 59.5 Å². The number of hydrogen-bond acceptors (Lipinski definition) is 4. The highest BCUT2D eigenvalue weighted by atomic mass is 32.2. The topological polar surface area (TPSA) is 41.6 Å². The molecule has 4 nitrogen and oxygen atoms in total. The van der Waals surface area contributed by atoms with Crippen molar-refractivity contribution < 1.29 is 9.53 Å². The minimum absolute atomic E-state index is 0.00856. The van der Waals surface area contributed by atoms with E-state index in [1.165, 1.54) is 10.5 Å². The van der Waals surface area contributed by atoms with Crippen LogP contribution < -0.4 is 5.32 Å². The van der Waals surface area contributed by atoms with E-state index in [9.17, 15) is 4.79 Å². The molecule has 138 valence electrons. The van der Waals surface area contributed by atoms with E-state index in [1.54, 1.807) is 11.8 Å². The van der Waals surface area contributed by atoms with E-state index in [0.29, 0.717) is 6.54 Å². The molecular weight excluding hydrogens is 344 g/mol. The molecule has 1 N–H and O–H groups in total. The monoisotopic (exact) mass is 370 g/mol. The van der Waals surface area contributed by atoms with Crippen molar-refractivity contribution in [2.24, 2.45) is 0 Å². The molecule has 1 saturated heterocycles. The maximum Gasteiger partial charge on any atom is 0.251 e. The Hall–Kier alpha value is -1.82. The van der Waals surface area contributed by atoms with Crippen LogP contribution in [-0.2, 0) is 10.5 Å². The van der Waals surface area contributed by atoms with Crippen molar-refractivity contribution in [3.05, 3.63) is 65.7 Å². The Labute approximate surface area is 159 Å². The van der Waals surface area contributed by atoms with Gasteiger partial charge in [-0.25, -0.2) is 0 Å². The minimum Gasteiger partial charge on any atom is -0.379 e. The second-order valence-corrected chi connectivity index (χ2v) is 7.41. The zero-order valence-corrected chi connectivity index (χ0v) is 15.8. The van der Waals surface area contributed by atoms with Gasteiger partial charge in [0.1, 0.15) is 0 Å². The highest BCUT2D eigenvalue weighted by Crippen LogP contribution is 2.22. The molecule has 1 amide bonds. The SMILES string of the molecule is O=C(NCCCN1CCOCC1)c1ccc(CSc2ccccc2)cc1. The van der Waals surface area contributed by atoms with Gasteiger partial charge in [-0.3, -0.25) is 9.69 Å². The normalized spacial score (nSPS) is 14.9. The lowest BCUT2D eigenvalue weighted by Crippen LogP contribution is -2.38. The van der Waals surface area contributed by atoms with Gasteiger partial charge in [-0.2, -0.15) is 0 Å².